The van der Waals surface area contributed by atoms with Crippen LogP contribution in [-0.2, 0) is 20.6 Å². The zero-order valence-electron chi connectivity index (χ0n) is 19.4. The van der Waals surface area contributed by atoms with Gasteiger partial charge in [-0.1, -0.05) is 18.2 Å². The van der Waals surface area contributed by atoms with Crippen LogP contribution in [0, 0.1) is 0 Å². The largest absolute Gasteiger partial charge is 0.491 e. The number of amides is 1. The van der Waals surface area contributed by atoms with Gasteiger partial charge in [-0.3, -0.25) is 13.9 Å². The minimum atomic E-state index is -0.838. The second kappa shape index (κ2) is 10.4. The number of carbonyl (C=O) groups excluding carboxylic acids is 1. The third-order valence-corrected chi connectivity index (χ3v) is 5.66. The van der Waals surface area contributed by atoms with Gasteiger partial charge in [0, 0.05) is 33.7 Å². The number of benzene rings is 2. The van der Waals surface area contributed by atoms with Crippen molar-refractivity contribution in [2.24, 2.45) is 14.1 Å². The van der Waals surface area contributed by atoms with Crippen LogP contribution in [0.5, 0.6) is 5.75 Å². The van der Waals surface area contributed by atoms with E-state index in [1.807, 2.05) is 30.3 Å². The van der Waals surface area contributed by atoms with Crippen molar-refractivity contribution in [2.45, 2.75) is 12.6 Å². The van der Waals surface area contributed by atoms with Crippen molar-refractivity contribution in [3.05, 3.63) is 69.8 Å². The van der Waals surface area contributed by atoms with E-state index in [2.05, 4.69) is 25.6 Å². The topological polar surface area (TPSA) is 162 Å². The number of hydrogen-bond acceptors (Lipinski definition) is 9. The number of aromatic nitrogens is 4. The molecule has 0 unspecified atom stereocenters. The first-order valence-electron chi connectivity index (χ1n) is 11.0. The van der Waals surface area contributed by atoms with Crippen molar-refractivity contribution in [1.29, 1.82) is 0 Å². The molecule has 1 atom stereocenters. The molecule has 12 nitrogen and oxygen atoms in total. The summed E-state index contributed by atoms with van der Waals surface area (Å²) in [6.45, 7) is 1.60. The molecule has 2 aromatic heterocycles. The minimum Gasteiger partial charge on any atom is -0.491 e. The number of imidazole rings is 1. The van der Waals surface area contributed by atoms with Gasteiger partial charge in [-0.05, 0) is 45.7 Å². The summed E-state index contributed by atoms with van der Waals surface area (Å²) in [6, 6.07) is 12.9. The van der Waals surface area contributed by atoms with Crippen LogP contribution in [0.2, 0.25) is 0 Å². The minimum absolute atomic E-state index is 0.0306. The Morgan fingerprint density at radius 3 is 2.57 bits per heavy atom. The average molecular weight is 482 g/mol. The Bertz CT molecular complexity index is 1370. The molecule has 12 heteroatoms. The number of ether oxygens (including phenoxy) is 1. The molecule has 2 aromatic carbocycles. The van der Waals surface area contributed by atoms with Gasteiger partial charge in [-0.15, -0.1) is 0 Å². The summed E-state index contributed by atoms with van der Waals surface area (Å²) in [5, 5.41) is 23.3. The number of nitrogens with two attached hydrogens (primary N) is 1. The molecule has 0 aliphatic carbocycles. The Balaban J connectivity index is 1.21. The summed E-state index contributed by atoms with van der Waals surface area (Å²) < 4.78 is 13.3. The van der Waals surface area contributed by atoms with E-state index in [-0.39, 0.29) is 23.8 Å². The fraction of sp³-hybridized carbons (Fsp3) is 0.304. The fourth-order valence-corrected chi connectivity index (χ4v) is 3.64. The van der Waals surface area contributed by atoms with Crippen molar-refractivity contribution < 1.29 is 19.3 Å². The van der Waals surface area contributed by atoms with E-state index < -0.39 is 12.0 Å². The normalized spacial score (nSPS) is 12.1. The third-order valence-electron chi connectivity index (χ3n) is 5.66. The molecule has 0 saturated heterocycles. The Morgan fingerprint density at radius 2 is 1.86 bits per heavy atom. The van der Waals surface area contributed by atoms with Gasteiger partial charge in [-0.2, -0.15) is 0 Å². The monoisotopic (exact) mass is 481 g/mol. The maximum atomic E-state index is 12.1. The van der Waals surface area contributed by atoms with Gasteiger partial charge in [0.25, 0.3) is 5.91 Å². The Hall–Kier alpha value is -4.16. The molecular weight excluding hydrogens is 454 g/mol. The molecular formula is C23H27N7O5. The molecule has 0 bridgehead atoms. The van der Waals surface area contributed by atoms with E-state index in [4.69, 9.17) is 10.5 Å². The lowest BCUT2D eigenvalue weighted by molar-refractivity contribution is 0.0944. The van der Waals surface area contributed by atoms with Crippen molar-refractivity contribution in [3.63, 3.8) is 0 Å². The SMILES string of the molecule is Cn1c(=O)n(C)c2cc([C@@H](O)COc3ccc(CNCCNC(=O)c4nonc4N)cc3)ccc21. The number of aliphatic hydroxyl groups is 1. The first-order valence-corrected chi connectivity index (χ1v) is 11.0. The van der Waals surface area contributed by atoms with Crippen LogP contribution < -0.4 is 26.8 Å². The summed E-state index contributed by atoms with van der Waals surface area (Å²) in [4.78, 5) is 24.0. The van der Waals surface area contributed by atoms with Gasteiger partial charge in [0.1, 0.15) is 18.5 Å². The smallest absolute Gasteiger partial charge is 0.328 e. The summed E-state index contributed by atoms with van der Waals surface area (Å²) in [6.07, 6.45) is -0.838. The number of aliphatic hydroxyl groups excluding tert-OH is 1. The summed E-state index contributed by atoms with van der Waals surface area (Å²) >= 11 is 0. The quantitative estimate of drug-likeness (QED) is 0.236. The predicted molar refractivity (Wildman–Crippen MR) is 128 cm³/mol. The van der Waals surface area contributed by atoms with Gasteiger partial charge >= 0.3 is 5.69 Å². The lowest BCUT2D eigenvalue weighted by Crippen LogP contribution is -2.32. The van der Waals surface area contributed by atoms with E-state index in [0.29, 0.717) is 30.9 Å². The van der Waals surface area contributed by atoms with Gasteiger partial charge in [0.05, 0.1) is 11.0 Å². The molecule has 1 amide bonds. The molecule has 35 heavy (non-hydrogen) atoms. The number of nitrogens with zero attached hydrogens (tertiary/aromatic N) is 4. The van der Waals surface area contributed by atoms with Gasteiger partial charge in [0.2, 0.25) is 11.5 Å². The molecule has 0 aliphatic rings. The van der Waals surface area contributed by atoms with Crippen molar-refractivity contribution >= 4 is 22.8 Å². The molecule has 4 aromatic rings. The number of anilines is 1. The Kier molecular flexibility index (Phi) is 7.13. The van der Waals surface area contributed by atoms with Gasteiger partial charge in [0.15, 0.2) is 0 Å². The summed E-state index contributed by atoms with van der Waals surface area (Å²) in [5.41, 5.74) is 8.60. The average Bonchev–Trinajstić information content (AvgIpc) is 3.39. The highest BCUT2D eigenvalue weighted by Crippen LogP contribution is 2.21. The molecule has 2 heterocycles. The number of fused-ring (bicyclic) bond motifs is 1. The van der Waals surface area contributed by atoms with Crippen LogP contribution in [0.15, 0.2) is 51.9 Å². The standard InChI is InChI=1S/C23H27N7O5/c1-29-17-8-5-15(11-18(17)30(2)23(29)33)19(31)13-34-16-6-3-14(4-7-16)12-25-9-10-26-22(32)20-21(24)28-35-27-20/h3-8,11,19,25,31H,9-10,12-13H2,1-2H3,(H2,24,28)(H,26,32)/t19-/m0/s1. The van der Waals surface area contributed by atoms with Gasteiger partial charge < -0.3 is 26.2 Å². The van der Waals surface area contributed by atoms with Crippen LogP contribution >= 0.6 is 0 Å². The van der Waals surface area contributed by atoms with Crippen molar-refractivity contribution in [2.75, 3.05) is 25.4 Å². The van der Waals surface area contributed by atoms with Crippen molar-refractivity contribution in [1.82, 2.24) is 30.1 Å². The highest BCUT2D eigenvalue weighted by Gasteiger charge is 2.15. The molecule has 5 N–H and O–H groups in total. The van der Waals surface area contributed by atoms with E-state index in [1.54, 1.807) is 35.4 Å². The molecule has 0 fully saturated rings. The third kappa shape index (κ3) is 5.34. The van der Waals surface area contributed by atoms with E-state index in [1.165, 1.54) is 0 Å². The molecule has 0 radical (unpaired) electrons. The molecule has 4 rings (SSSR count). The molecule has 0 aliphatic heterocycles. The number of aryl methyl sites for hydroxylation is 2. The summed E-state index contributed by atoms with van der Waals surface area (Å²) in [7, 11) is 3.42. The second-order valence-corrected chi connectivity index (χ2v) is 8.05. The Labute approximate surface area is 200 Å². The second-order valence-electron chi connectivity index (χ2n) is 8.05. The van der Waals surface area contributed by atoms with Crippen LogP contribution in [0.25, 0.3) is 11.0 Å². The maximum Gasteiger partial charge on any atom is 0.328 e. The van der Waals surface area contributed by atoms with Crippen LogP contribution in [-0.4, -0.2) is 50.2 Å². The van der Waals surface area contributed by atoms with Gasteiger partial charge in [-0.25, -0.2) is 9.42 Å². The number of carbonyl (C=O) groups is 1. The highest BCUT2D eigenvalue weighted by molar-refractivity contribution is 5.95. The maximum absolute atomic E-state index is 12.1. The molecule has 184 valence electrons. The zero-order valence-corrected chi connectivity index (χ0v) is 19.4. The number of rotatable bonds is 10. The summed E-state index contributed by atoms with van der Waals surface area (Å²) in [5.74, 6) is 0.142. The van der Waals surface area contributed by atoms with E-state index in [0.717, 1.165) is 16.6 Å². The predicted octanol–water partition coefficient (Wildman–Crippen LogP) is 0.474. The lowest BCUT2D eigenvalue weighted by atomic mass is 10.1. The zero-order chi connectivity index (χ0) is 24.9. The molecule has 0 saturated carbocycles. The first-order chi connectivity index (χ1) is 16.8. The van der Waals surface area contributed by atoms with Crippen LogP contribution in [0.1, 0.15) is 27.7 Å². The lowest BCUT2D eigenvalue weighted by Gasteiger charge is -2.14. The first kappa shape index (κ1) is 24.0. The molecule has 0 spiro atoms. The van der Waals surface area contributed by atoms with Crippen LogP contribution in [0.3, 0.4) is 0 Å². The number of nitrogen functional groups attached to an aromatic ring is 1. The fourth-order valence-electron chi connectivity index (χ4n) is 3.64. The number of hydrogen-bond donors (Lipinski definition) is 4. The highest BCUT2D eigenvalue weighted by atomic mass is 16.6. The van der Waals surface area contributed by atoms with Crippen molar-refractivity contribution in [3.8, 4) is 5.75 Å². The van der Waals surface area contributed by atoms with E-state index in [9.17, 15) is 14.7 Å². The number of nitrogens with one attached hydrogen (secondary N) is 2. The van der Waals surface area contributed by atoms with E-state index >= 15 is 0 Å². The Morgan fingerprint density at radius 1 is 1.11 bits per heavy atom. The van der Waals surface area contributed by atoms with Crippen LogP contribution in [0.4, 0.5) is 5.82 Å².